The lowest BCUT2D eigenvalue weighted by molar-refractivity contribution is 0.258. The summed E-state index contributed by atoms with van der Waals surface area (Å²) in [5.74, 6) is 5.28. The number of guanidine groups is 1. The third-order valence-electron chi connectivity index (χ3n) is 7.05. The van der Waals surface area contributed by atoms with Crippen LogP contribution in [0.5, 0.6) is 5.75 Å². The molecule has 0 saturated carbocycles. The van der Waals surface area contributed by atoms with E-state index in [1.54, 1.807) is 0 Å². The molecular weight excluding hydrogens is 515 g/mol. The number of benzene rings is 1. The maximum atomic E-state index is 5.87. The van der Waals surface area contributed by atoms with Gasteiger partial charge in [0.1, 0.15) is 18.1 Å². The first kappa shape index (κ1) is 24.8. The number of aryl methyl sites for hydroxylation is 1. The maximum Gasteiger partial charge on any atom is 0.194 e. The van der Waals surface area contributed by atoms with E-state index >= 15 is 0 Å². The van der Waals surface area contributed by atoms with Crippen molar-refractivity contribution < 1.29 is 4.74 Å². The molecule has 2 aromatic rings. The van der Waals surface area contributed by atoms with Crippen molar-refractivity contribution in [2.24, 2.45) is 23.9 Å². The smallest absolute Gasteiger partial charge is 0.194 e. The number of para-hydroxylation sites is 1. The van der Waals surface area contributed by atoms with Crippen LogP contribution in [0.4, 0.5) is 0 Å². The number of nitrogens with one attached hydrogen (secondary N) is 1. The molecule has 2 unspecified atom stereocenters. The first-order valence-corrected chi connectivity index (χ1v) is 11.7. The second-order valence-corrected chi connectivity index (χ2v) is 8.81. The zero-order chi connectivity index (χ0) is 21.8. The molecule has 2 aliphatic rings. The summed E-state index contributed by atoms with van der Waals surface area (Å²) in [7, 11) is 2.00. The first-order chi connectivity index (χ1) is 15.1. The number of aromatic nitrogens is 3. The number of hydrogen-bond acceptors (Lipinski definition) is 4. The normalized spacial score (nSPS) is 20.7. The van der Waals surface area contributed by atoms with Crippen LogP contribution >= 0.6 is 24.0 Å². The molecule has 176 valence electrons. The largest absolute Gasteiger partial charge is 0.493 e. The second-order valence-electron chi connectivity index (χ2n) is 8.81. The molecule has 1 saturated heterocycles. The Morgan fingerprint density at radius 2 is 2.00 bits per heavy atom. The molecule has 1 fully saturated rings. The highest BCUT2D eigenvalue weighted by Crippen LogP contribution is 2.33. The van der Waals surface area contributed by atoms with Gasteiger partial charge in [0, 0.05) is 32.1 Å². The molecule has 2 aliphatic heterocycles. The van der Waals surface area contributed by atoms with Crippen molar-refractivity contribution in [2.75, 3.05) is 19.7 Å². The Bertz CT molecular complexity index is 910. The van der Waals surface area contributed by atoms with E-state index in [1.807, 2.05) is 24.6 Å². The van der Waals surface area contributed by atoms with E-state index in [0.29, 0.717) is 6.54 Å². The Hall–Kier alpha value is -1.84. The van der Waals surface area contributed by atoms with E-state index < -0.39 is 0 Å². The van der Waals surface area contributed by atoms with Crippen LogP contribution in [0, 0.1) is 18.8 Å². The van der Waals surface area contributed by atoms with Crippen LogP contribution < -0.4 is 10.1 Å². The van der Waals surface area contributed by atoms with Gasteiger partial charge in [0.2, 0.25) is 0 Å². The summed E-state index contributed by atoms with van der Waals surface area (Å²) in [6.45, 7) is 9.98. The van der Waals surface area contributed by atoms with E-state index in [4.69, 9.17) is 9.73 Å². The minimum Gasteiger partial charge on any atom is -0.493 e. The van der Waals surface area contributed by atoms with Gasteiger partial charge in [-0.15, -0.1) is 34.2 Å². The van der Waals surface area contributed by atoms with Crippen LogP contribution in [-0.4, -0.2) is 45.3 Å². The Morgan fingerprint density at radius 1 is 1.22 bits per heavy atom. The Kier molecular flexibility index (Phi) is 8.79. The SMILES string of the molecule is CCC(CC)C1CCN(C(=NCc2nnc(C)n2C)NC2CCOc3ccccc32)C1.I. The minimum atomic E-state index is 0. The van der Waals surface area contributed by atoms with Crippen molar-refractivity contribution in [1.82, 2.24) is 25.0 Å². The minimum absolute atomic E-state index is 0. The van der Waals surface area contributed by atoms with Crippen LogP contribution in [0.2, 0.25) is 0 Å². The van der Waals surface area contributed by atoms with E-state index in [-0.39, 0.29) is 30.0 Å². The molecule has 1 aromatic heterocycles. The highest BCUT2D eigenvalue weighted by molar-refractivity contribution is 14.0. The molecular formula is C24H37IN6O. The van der Waals surface area contributed by atoms with Gasteiger partial charge < -0.3 is 19.5 Å². The summed E-state index contributed by atoms with van der Waals surface area (Å²) in [5, 5.41) is 12.3. The number of likely N-dealkylation sites (tertiary alicyclic amines) is 1. The van der Waals surface area contributed by atoms with Gasteiger partial charge in [-0.2, -0.15) is 0 Å². The van der Waals surface area contributed by atoms with E-state index in [9.17, 15) is 0 Å². The average molecular weight is 553 g/mol. The first-order valence-electron chi connectivity index (χ1n) is 11.7. The van der Waals surface area contributed by atoms with Gasteiger partial charge in [0.05, 0.1) is 12.6 Å². The van der Waals surface area contributed by atoms with Gasteiger partial charge in [-0.05, 0) is 31.2 Å². The number of halogens is 1. The van der Waals surface area contributed by atoms with Gasteiger partial charge in [0.25, 0.3) is 0 Å². The number of hydrogen-bond donors (Lipinski definition) is 1. The third-order valence-corrected chi connectivity index (χ3v) is 7.05. The van der Waals surface area contributed by atoms with Crippen LogP contribution in [0.25, 0.3) is 0 Å². The summed E-state index contributed by atoms with van der Waals surface area (Å²) in [6.07, 6.45) is 4.67. The number of rotatable bonds is 6. The van der Waals surface area contributed by atoms with E-state index in [2.05, 4.69) is 52.5 Å². The standard InChI is InChI=1S/C24H36N6O.HI/c1-5-18(6-2)19-11-13-30(16-19)24(25-15-23-28-27-17(3)29(23)4)26-21-12-14-31-22-10-8-7-9-20(21)22;/h7-10,18-19,21H,5-6,11-16H2,1-4H3,(H,25,26);1H. The van der Waals surface area contributed by atoms with Gasteiger partial charge >= 0.3 is 0 Å². The average Bonchev–Trinajstić information content (AvgIpc) is 3.40. The molecule has 8 heteroatoms. The number of aliphatic imine (C=N–C) groups is 1. The molecule has 1 N–H and O–H groups in total. The number of fused-ring (bicyclic) bond motifs is 1. The zero-order valence-electron chi connectivity index (χ0n) is 19.8. The van der Waals surface area contributed by atoms with Crippen molar-refractivity contribution in [2.45, 2.75) is 59.0 Å². The molecule has 0 bridgehead atoms. The van der Waals surface area contributed by atoms with Gasteiger partial charge in [0.15, 0.2) is 11.8 Å². The Balaban J connectivity index is 0.00000289. The predicted octanol–water partition coefficient (Wildman–Crippen LogP) is 4.47. The number of ether oxygens (including phenoxy) is 1. The lowest BCUT2D eigenvalue weighted by atomic mass is 9.87. The quantitative estimate of drug-likeness (QED) is 0.326. The molecule has 0 spiro atoms. The maximum absolute atomic E-state index is 5.87. The highest BCUT2D eigenvalue weighted by atomic mass is 127. The van der Waals surface area contributed by atoms with Gasteiger partial charge in [-0.1, -0.05) is 44.9 Å². The Labute approximate surface area is 209 Å². The predicted molar refractivity (Wildman–Crippen MR) is 138 cm³/mol. The lowest BCUT2D eigenvalue weighted by Gasteiger charge is -2.31. The van der Waals surface area contributed by atoms with Crippen molar-refractivity contribution in [1.29, 1.82) is 0 Å². The fourth-order valence-corrected chi connectivity index (χ4v) is 4.94. The zero-order valence-corrected chi connectivity index (χ0v) is 22.1. The van der Waals surface area contributed by atoms with Crippen molar-refractivity contribution >= 4 is 29.9 Å². The summed E-state index contributed by atoms with van der Waals surface area (Å²) in [5.41, 5.74) is 1.21. The van der Waals surface area contributed by atoms with Crippen molar-refractivity contribution in [3.8, 4) is 5.75 Å². The molecule has 2 atom stereocenters. The molecule has 32 heavy (non-hydrogen) atoms. The Morgan fingerprint density at radius 3 is 2.72 bits per heavy atom. The van der Waals surface area contributed by atoms with Crippen molar-refractivity contribution in [3.05, 3.63) is 41.5 Å². The fraction of sp³-hybridized carbons (Fsp3) is 0.625. The monoisotopic (exact) mass is 552 g/mol. The van der Waals surface area contributed by atoms with E-state index in [0.717, 1.165) is 61.3 Å². The van der Waals surface area contributed by atoms with Crippen LogP contribution in [0.15, 0.2) is 29.3 Å². The topological polar surface area (TPSA) is 67.6 Å². The number of nitrogens with zero attached hydrogens (tertiary/aromatic N) is 5. The molecule has 4 rings (SSSR count). The third kappa shape index (κ3) is 5.38. The molecule has 7 nitrogen and oxygen atoms in total. The highest BCUT2D eigenvalue weighted by Gasteiger charge is 2.31. The molecule has 0 amide bonds. The second kappa shape index (κ2) is 11.3. The fourth-order valence-electron chi connectivity index (χ4n) is 4.94. The summed E-state index contributed by atoms with van der Waals surface area (Å²) < 4.78 is 7.89. The summed E-state index contributed by atoms with van der Waals surface area (Å²) in [4.78, 5) is 7.48. The summed E-state index contributed by atoms with van der Waals surface area (Å²) >= 11 is 0. The van der Waals surface area contributed by atoms with Gasteiger partial charge in [-0.3, -0.25) is 0 Å². The summed E-state index contributed by atoms with van der Waals surface area (Å²) in [6, 6.07) is 8.54. The van der Waals surface area contributed by atoms with Crippen LogP contribution in [0.3, 0.4) is 0 Å². The lowest BCUT2D eigenvalue weighted by Crippen LogP contribution is -2.43. The van der Waals surface area contributed by atoms with Crippen LogP contribution in [0.1, 0.15) is 62.8 Å². The van der Waals surface area contributed by atoms with Crippen molar-refractivity contribution in [3.63, 3.8) is 0 Å². The van der Waals surface area contributed by atoms with Gasteiger partial charge in [-0.25, -0.2) is 4.99 Å². The molecule has 3 heterocycles. The molecule has 0 aliphatic carbocycles. The molecule has 0 radical (unpaired) electrons. The van der Waals surface area contributed by atoms with Crippen LogP contribution in [-0.2, 0) is 13.6 Å². The molecule has 1 aromatic carbocycles. The van der Waals surface area contributed by atoms with E-state index in [1.165, 1.54) is 24.8 Å².